The number of nitrogens with two attached hydrogens (primary N) is 1. The molecule has 0 aliphatic carbocycles. The lowest BCUT2D eigenvalue weighted by Gasteiger charge is -2.13. The van der Waals surface area contributed by atoms with Crippen molar-refractivity contribution in [3.05, 3.63) is 22.7 Å². The minimum atomic E-state index is -0.886. The topological polar surface area (TPSA) is 92.8 Å². The van der Waals surface area contributed by atoms with E-state index >= 15 is 0 Å². The number of hydrogen-bond donors (Lipinski definition) is 3. The standard InChI is InChI=1S/C13H18ClNO4/c1-2-3-4-19-13(18)10(15)5-8-6-12(17)9(14)7-11(8)16/h6-7,10,16-17H,2-5,15H2,1H3/t10-/m0/s1. The summed E-state index contributed by atoms with van der Waals surface area (Å²) in [6.07, 6.45) is 1.78. The van der Waals surface area contributed by atoms with Gasteiger partial charge in [-0.3, -0.25) is 4.79 Å². The molecule has 0 aliphatic rings. The summed E-state index contributed by atoms with van der Waals surface area (Å²) in [7, 11) is 0. The normalized spacial score (nSPS) is 12.2. The molecule has 0 bridgehead atoms. The van der Waals surface area contributed by atoms with Gasteiger partial charge in [-0.1, -0.05) is 24.9 Å². The Hall–Kier alpha value is -1.46. The number of aromatic hydroxyl groups is 2. The molecule has 6 heteroatoms. The summed E-state index contributed by atoms with van der Waals surface area (Å²) in [4.78, 5) is 11.6. The second-order valence-electron chi connectivity index (χ2n) is 4.26. The SMILES string of the molecule is CCCCOC(=O)[C@@H](N)Cc1cc(O)c(Cl)cc1O. The first-order valence-electron chi connectivity index (χ1n) is 6.08. The molecule has 1 aromatic rings. The lowest BCUT2D eigenvalue weighted by molar-refractivity contribution is -0.145. The maximum absolute atomic E-state index is 11.6. The molecule has 1 aromatic carbocycles. The van der Waals surface area contributed by atoms with E-state index in [0.717, 1.165) is 12.8 Å². The maximum atomic E-state index is 11.6. The molecule has 0 unspecified atom stereocenters. The number of carbonyl (C=O) groups excluding carboxylic acids is 1. The van der Waals surface area contributed by atoms with Crippen molar-refractivity contribution < 1.29 is 19.7 Å². The minimum absolute atomic E-state index is 0.0420. The molecule has 4 N–H and O–H groups in total. The molecule has 0 aromatic heterocycles. The summed E-state index contributed by atoms with van der Waals surface area (Å²) in [6, 6.07) is 1.61. The van der Waals surface area contributed by atoms with Crippen LogP contribution >= 0.6 is 11.6 Å². The average molecular weight is 288 g/mol. The van der Waals surface area contributed by atoms with E-state index in [9.17, 15) is 15.0 Å². The molecule has 5 nitrogen and oxygen atoms in total. The Morgan fingerprint density at radius 1 is 1.42 bits per heavy atom. The second-order valence-corrected chi connectivity index (χ2v) is 4.67. The molecule has 0 amide bonds. The van der Waals surface area contributed by atoms with Gasteiger partial charge in [0.2, 0.25) is 0 Å². The quantitative estimate of drug-likeness (QED) is 0.422. The second kappa shape index (κ2) is 7.21. The minimum Gasteiger partial charge on any atom is -0.508 e. The molecule has 0 aliphatic heterocycles. The third-order valence-electron chi connectivity index (χ3n) is 2.63. The van der Waals surface area contributed by atoms with Gasteiger partial charge in [-0.25, -0.2) is 0 Å². The molecule has 0 saturated carbocycles. The number of unbranched alkanes of at least 4 members (excludes halogenated alkanes) is 1. The fraction of sp³-hybridized carbons (Fsp3) is 0.462. The van der Waals surface area contributed by atoms with Crippen molar-refractivity contribution in [1.29, 1.82) is 0 Å². The van der Waals surface area contributed by atoms with Gasteiger partial charge in [-0.15, -0.1) is 0 Å². The van der Waals surface area contributed by atoms with Crippen LogP contribution in [0.1, 0.15) is 25.3 Å². The Morgan fingerprint density at radius 3 is 2.74 bits per heavy atom. The largest absolute Gasteiger partial charge is 0.508 e. The van der Waals surface area contributed by atoms with Crippen LogP contribution in [-0.4, -0.2) is 28.8 Å². The van der Waals surface area contributed by atoms with Crippen LogP contribution in [-0.2, 0) is 16.0 Å². The van der Waals surface area contributed by atoms with Gasteiger partial charge >= 0.3 is 5.97 Å². The molecule has 0 saturated heterocycles. The van der Waals surface area contributed by atoms with Gasteiger partial charge in [-0.05, 0) is 18.1 Å². The van der Waals surface area contributed by atoms with Gasteiger partial charge < -0.3 is 20.7 Å². The van der Waals surface area contributed by atoms with Crippen LogP contribution in [0, 0.1) is 0 Å². The van der Waals surface area contributed by atoms with Crippen molar-refractivity contribution in [3.8, 4) is 11.5 Å². The number of carbonyl (C=O) groups is 1. The average Bonchev–Trinajstić information content (AvgIpc) is 2.36. The number of benzene rings is 1. The highest BCUT2D eigenvalue weighted by atomic mass is 35.5. The Kier molecular flexibility index (Phi) is 5.92. The molecule has 1 atom stereocenters. The zero-order chi connectivity index (χ0) is 14.4. The molecule has 1 rings (SSSR count). The van der Waals surface area contributed by atoms with Crippen molar-refractivity contribution in [3.63, 3.8) is 0 Å². The fourth-order valence-electron chi connectivity index (χ4n) is 1.50. The van der Waals surface area contributed by atoms with Gasteiger partial charge in [0.15, 0.2) is 0 Å². The molecule has 106 valence electrons. The molecule has 0 radical (unpaired) electrons. The summed E-state index contributed by atoms with van der Waals surface area (Å²) < 4.78 is 4.98. The molecular formula is C13H18ClNO4. The van der Waals surface area contributed by atoms with E-state index in [1.807, 2.05) is 6.92 Å². The third kappa shape index (κ3) is 4.61. The predicted molar refractivity (Wildman–Crippen MR) is 72.3 cm³/mol. The molecule has 0 fully saturated rings. The van der Waals surface area contributed by atoms with Crippen molar-refractivity contribution in [2.45, 2.75) is 32.2 Å². The molecule has 0 heterocycles. The lowest BCUT2D eigenvalue weighted by Crippen LogP contribution is -2.34. The van der Waals surface area contributed by atoms with Crippen LogP contribution in [0.2, 0.25) is 5.02 Å². The number of rotatable bonds is 6. The van der Waals surface area contributed by atoms with Crippen molar-refractivity contribution in [2.75, 3.05) is 6.61 Å². The first-order chi connectivity index (χ1) is 8.95. The number of phenolic OH excluding ortho intramolecular Hbond substituents is 2. The maximum Gasteiger partial charge on any atom is 0.323 e. The third-order valence-corrected chi connectivity index (χ3v) is 2.94. The highest BCUT2D eigenvalue weighted by molar-refractivity contribution is 6.32. The summed E-state index contributed by atoms with van der Waals surface area (Å²) in [5.41, 5.74) is 6.04. The van der Waals surface area contributed by atoms with Gasteiger partial charge in [-0.2, -0.15) is 0 Å². The summed E-state index contributed by atoms with van der Waals surface area (Å²) >= 11 is 5.64. The van der Waals surface area contributed by atoms with Gasteiger partial charge in [0.1, 0.15) is 17.5 Å². The Labute approximate surface area is 116 Å². The van der Waals surface area contributed by atoms with Gasteiger partial charge in [0.25, 0.3) is 0 Å². The van der Waals surface area contributed by atoms with E-state index in [1.165, 1.54) is 12.1 Å². The highest BCUT2D eigenvalue weighted by Crippen LogP contribution is 2.31. The summed E-state index contributed by atoms with van der Waals surface area (Å²) in [5.74, 6) is -0.803. The smallest absolute Gasteiger partial charge is 0.323 e. The molecule has 0 spiro atoms. The van der Waals surface area contributed by atoms with Gasteiger partial charge in [0, 0.05) is 12.5 Å². The number of phenols is 2. The zero-order valence-corrected chi connectivity index (χ0v) is 11.5. The molecule has 19 heavy (non-hydrogen) atoms. The number of ether oxygens (including phenoxy) is 1. The van der Waals surface area contributed by atoms with Crippen LogP contribution in [0.5, 0.6) is 11.5 Å². The first-order valence-corrected chi connectivity index (χ1v) is 6.46. The van der Waals surface area contributed by atoms with E-state index < -0.39 is 12.0 Å². The number of halogens is 1. The lowest BCUT2D eigenvalue weighted by atomic mass is 10.1. The first kappa shape index (κ1) is 15.6. The molecular weight excluding hydrogens is 270 g/mol. The van der Waals surface area contributed by atoms with Crippen molar-refractivity contribution in [2.24, 2.45) is 5.73 Å². The predicted octanol–water partition coefficient (Wildman–Crippen LogP) is 1.96. The van der Waals surface area contributed by atoms with E-state index in [1.54, 1.807) is 0 Å². The van der Waals surface area contributed by atoms with Crippen molar-refractivity contribution >= 4 is 17.6 Å². The van der Waals surface area contributed by atoms with E-state index in [-0.39, 0.29) is 22.9 Å². The summed E-state index contributed by atoms with van der Waals surface area (Å²) in [6.45, 7) is 2.32. The Balaban J connectivity index is 2.63. The zero-order valence-electron chi connectivity index (χ0n) is 10.7. The van der Waals surface area contributed by atoms with E-state index in [4.69, 9.17) is 22.1 Å². The number of hydrogen-bond acceptors (Lipinski definition) is 5. The Bertz CT molecular complexity index is 451. The van der Waals surface area contributed by atoms with Gasteiger partial charge in [0.05, 0.1) is 11.6 Å². The Morgan fingerprint density at radius 2 is 2.11 bits per heavy atom. The van der Waals surface area contributed by atoms with E-state index in [0.29, 0.717) is 12.2 Å². The van der Waals surface area contributed by atoms with Crippen LogP contribution in [0.4, 0.5) is 0 Å². The van der Waals surface area contributed by atoms with Crippen molar-refractivity contribution in [1.82, 2.24) is 0 Å². The van der Waals surface area contributed by atoms with Crippen LogP contribution in [0.15, 0.2) is 12.1 Å². The van der Waals surface area contributed by atoms with E-state index in [2.05, 4.69) is 0 Å². The van der Waals surface area contributed by atoms with Crippen LogP contribution in [0.25, 0.3) is 0 Å². The highest BCUT2D eigenvalue weighted by Gasteiger charge is 2.18. The van der Waals surface area contributed by atoms with Crippen LogP contribution in [0.3, 0.4) is 0 Å². The van der Waals surface area contributed by atoms with Crippen LogP contribution < -0.4 is 5.73 Å². The fourth-order valence-corrected chi connectivity index (χ4v) is 1.66. The summed E-state index contributed by atoms with van der Waals surface area (Å²) in [5, 5.41) is 19.1. The monoisotopic (exact) mass is 287 g/mol. The number of esters is 1.